The number of rotatable bonds is 2. The minimum Gasteiger partial charge on any atom is -0.449 e. The van der Waals surface area contributed by atoms with Gasteiger partial charge in [0.05, 0.1) is 0 Å². The number of alkyl carbamates (subject to hydrolysis) is 1. The van der Waals surface area contributed by atoms with Crippen LogP contribution in [0.2, 0.25) is 5.82 Å². The van der Waals surface area contributed by atoms with Crippen LogP contribution in [0, 0.1) is 5.41 Å². The van der Waals surface area contributed by atoms with E-state index >= 15 is 0 Å². The van der Waals surface area contributed by atoms with Gasteiger partial charge in [0, 0.05) is 6.04 Å². The van der Waals surface area contributed by atoms with Crippen LogP contribution in [0.3, 0.4) is 0 Å². The monoisotopic (exact) mass is 292 g/mol. The van der Waals surface area contributed by atoms with Gasteiger partial charge in [-0.15, -0.1) is 0 Å². The number of nitrogens with one attached hydrogen (secondary N) is 1. The van der Waals surface area contributed by atoms with Gasteiger partial charge in [0.1, 0.15) is 5.60 Å². The van der Waals surface area contributed by atoms with Crippen LogP contribution in [0.1, 0.15) is 52.9 Å². The molecule has 0 aromatic rings. The van der Waals surface area contributed by atoms with E-state index in [1.165, 1.54) is 0 Å². The molecule has 1 spiro atoms. The van der Waals surface area contributed by atoms with Gasteiger partial charge in [0.15, 0.2) is 0 Å². The number of carbonyl (C=O) groups is 1. The van der Waals surface area contributed by atoms with E-state index in [4.69, 9.17) is 4.74 Å². The molecule has 116 valence electrons. The van der Waals surface area contributed by atoms with Crippen molar-refractivity contribution in [1.29, 1.82) is 0 Å². The number of hydrogen-bond donors (Lipinski definition) is 1. The van der Waals surface area contributed by atoms with Crippen molar-refractivity contribution in [1.82, 2.24) is 5.32 Å². The van der Waals surface area contributed by atoms with Crippen molar-refractivity contribution >= 4 is 13.1 Å². The fourth-order valence-corrected chi connectivity index (χ4v) is 3.30. The molecule has 2 fully saturated rings. The second-order valence-corrected chi connectivity index (χ2v) is 7.22. The van der Waals surface area contributed by atoms with Crippen molar-refractivity contribution in [3.63, 3.8) is 0 Å². The van der Waals surface area contributed by atoms with Crippen molar-refractivity contribution in [2.45, 2.75) is 70.3 Å². The first-order chi connectivity index (χ1) is 9.02. The Labute approximate surface area is 117 Å². The highest BCUT2D eigenvalue weighted by atomic mass is 19.4. The van der Waals surface area contributed by atoms with Gasteiger partial charge in [-0.25, -0.2) is 4.79 Å². The van der Waals surface area contributed by atoms with Gasteiger partial charge in [-0.05, 0) is 46.5 Å². The maximum Gasteiger partial charge on any atom is 0.481 e. The van der Waals surface area contributed by atoms with E-state index < -0.39 is 29.9 Å². The first kappa shape index (κ1) is 15.5. The normalized spacial score (nSPS) is 33.9. The minimum absolute atomic E-state index is 0.0579. The van der Waals surface area contributed by atoms with Gasteiger partial charge >= 0.3 is 13.1 Å². The van der Waals surface area contributed by atoms with E-state index in [0.717, 1.165) is 0 Å². The molecule has 0 aliphatic heterocycles. The van der Waals surface area contributed by atoms with E-state index in [1.54, 1.807) is 20.8 Å². The molecule has 1 unspecified atom stereocenters. The summed E-state index contributed by atoms with van der Waals surface area (Å²) < 4.78 is 43.4. The summed E-state index contributed by atoms with van der Waals surface area (Å²) >= 11 is 0. The number of ether oxygens (including phenoxy) is 1. The molecule has 1 amide bonds. The fourth-order valence-electron chi connectivity index (χ4n) is 3.30. The standard InChI is InChI=1S/C13H22BF3NO2/c1-12(2,3)20-11(19)18-9-4-6-13(7-5-9)8-10(13)14(15,16)17/h9-10H,4-8H2,1-3H3,(H,18,19)/q-1. The lowest BCUT2D eigenvalue weighted by atomic mass is 9.72. The van der Waals surface area contributed by atoms with Crippen molar-refractivity contribution in [2.24, 2.45) is 5.41 Å². The Morgan fingerprint density at radius 3 is 2.20 bits per heavy atom. The lowest BCUT2D eigenvalue weighted by Gasteiger charge is -2.32. The van der Waals surface area contributed by atoms with E-state index in [1.807, 2.05) is 0 Å². The van der Waals surface area contributed by atoms with Gasteiger partial charge < -0.3 is 23.0 Å². The molecule has 0 radical (unpaired) electrons. The zero-order chi connectivity index (χ0) is 15.2. The molecule has 0 aromatic heterocycles. The van der Waals surface area contributed by atoms with E-state index in [9.17, 15) is 17.7 Å². The Bertz CT molecular complexity index is 384. The summed E-state index contributed by atoms with van der Waals surface area (Å²) in [6.45, 7) is 0.640. The highest BCUT2D eigenvalue weighted by molar-refractivity contribution is 6.61. The molecule has 3 nitrogen and oxygen atoms in total. The van der Waals surface area contributed by atoms with Gasteiger partial charge in [-0.1, -0.05) is 17.7 Å². The summed E-state index contributed by atoms with van der Waals surface area (Å²) in [6, 6.07) is -0.0579. The van der Waals surface area contributed by atoms with E-state index in [2.05, 4.69) is 5.32 Å². The van der Waals surface area contributed by atoms with Crippen LogP contribution in [0.5, 0.6) is 0 Å². The summed E-state index contributed by atoms with van der Waals surface area (Å²) in [5.41, 5.74) is -1.06. The number of halogens is 3. The maximum atomic E-state index is 12.7. The average Bonchev–Trinajstić information content (AvgIpc) is 2.94. The van der Waals surface area contributed by atoms with Crippen molar-refractivity contribution in [3.8, 4) is 0 Å². The number of hydrogen-bond acceptors (Lipinski definition) is 2. The molecule has 1 N–H and O–H groups in total. The first-order valence-corrected chi connectivity index (χ1v) is 7.21. The second-order valence-electron chi connectivity index (χ2n) is 7.22. The first-order valence-electron chi connectivity index (χ1n) is 7.21. The van der Waals surface area contributed by atoms with Crippen molar-refractivity contribution < 1.29 is 22.5 Å². The molecular weight excluding hydrogens is 270 g/mol. The van der Waals surface area contributed by atoms with Crippen LogP contribution in [-0.4, -0.2) is 24.7 Å². The van der Waals surface area contributed by atoms with Gasteiger partial charge in [0.25, 0.3) is 0 Å². The van der Waals surface area contributed by atoms with Crippen LogP contribution in [0.4, 0.5) is 17.7 Å². The topological polar surface area (TPSA) is 38.3 Å². The molecule has 0 bridgehead atoms. The predicted octanol–water partition coefficient (Wildman–Crippen LogP) is 4.06. The molecule has 7 heteroatoms. The Hall–Kier alpha value is -0.875. The van der Waals surface area contributed by atoms with Crippen LogP contribution in [0.25, 0.3) is 0 Å². The summed E-state index contributed by atoms with van der Waals surface area (Å²) in [5.74, 6) is -1.06. The number of amides is 1. The SMILES string of the molecule is CC(C)(C)OC(=O)NC1CCC2(CC1)CC2[B-](F)(F)F. The van der Waals surface area contributed by atoms with E-state index in [0.29, 0.717) is 25.7 Å². The molecule has 2 aliphatic rings. The van der Waals surface area contributed by atoms with Crippen molar-refractivity contribution in [3.05, 3.63) is 0 Å². The highest BCUT2D eigenvalue weighted by Gasteiger charge is 2.61. The third-order valence-corrected chi connectivity index (χ3v) is 4.41. The molecule has 2 saturated carbocycles. The van der Waals surface area contributed by atoms with Crippen LogP contribution >= 0.6 is 0 Å². The lowest BCUT2D eigenvalue weighted by Crippen LogP contribution is -2.41. The second kappa shape index (κ2) is 4.84. The smallest absolute Gasteiger partial charge is 0.449 e. The third kappa shape index (κ3) is 3.61. The minimum atomic E-state index is -4.70. The van der Waals surface area contributed by atoms with Gasteiger partial charge in [0.2, 0.25) is 0 Å². The summed E-state index contributed by atoms with van der Waals surface area (Å²) in [5, 5.41) is 2.76. The van der Waals surface area contributed by atoms with Crippen LogP contribution in [0.15, 0.2) is 0 Å². The maximum absolute atomic E-state index is 12.7. The quantitative estimate of drug-likeness (QED) is 0.779. The Morgan fingerprint density at radius 2 is 1.80 bits per heavy atom. The summed E-state index contributed by atoms with van der Waals surface area (Å²) in [4.78, 5) is 11.6. The zero-order valence-corrected chi connectivity index (χ0v) is 12.2. The van der Waals surface area contributed by atoms with Crippen LogP contribution in [-0.2, 0) is 4.74 Å². The largest absolute Gasteiger partial charge is 0.481 e. The highest BCUT2D eigenvalue weighted by Crippen LogP contribution is 2.70. The molecule has 1 atom stereocenters. The summed E-state index contributed by atoms with van der Waals surface area (Å²) in [7, 11) is 0. The third-order valence-electron chi connectivity index (χ3n) is 4.41. The van der Waals surface area contributed by atoms with Gasteiger partial charge in [-0.2, -0.15) is 0 Å². The summed E-state index contributed by atoms with van der Waals surface area (Å²) in [6.07, 6.45) is 2.14. The molecule has 0 aromatic carbocycles. The van der Waals surface area contributed by atoms with E-state index in [-0.39, 0.29) is 12.5 Å². The lowest BCUT2D eigenvalue weighted by molar-refractivity contribution is 0.0484. The van der Waals surface area contributed by atoms with Crippen molar-refractivity contribution in [2.75, 3.05) is 0 Å². The molecular formula is C13H22BF3NO2-. The molecule has 2 rings (SSSR count). The Balaban J connectivity index is 1.77. The molecule has 0 saturated heterocycles. The van der Waals surface area contributed by atoms with Gasteiger partial charge in [-0.3, -0.25) is 0 Å². The molecule has 0 heterocycles. The zero-order valence-electron chi connectivity index (χ0n) is 12.2. The Kier molecular flexibility index (Phi) is 3.76. The van der Waals surface area contributed by atoms with Crippen LogP contribution < -0.4 is 5.32 Å². The number of carbonyl (C=O) groups excluding carboxylic acids is 1. The molecule has 2 aliphatic carbocycles. The Morgan fingerprint density at radius 1 is 1.25 bits per heavy atom. The fraction of sp³-hybridized carbons (Fsp3) is 0.923. The molecule has 20 heavy (non-hydrogen) atoms. The predicted molar refractivity (Wildman–Crippen MR) is 71.5 cm³/mol. The average molecular weight is 292 g/mol.